The average molecular weight is 411 g/mol. The lowest BCUT2D eigenvalue weighted by atomic mass is 10.3. The summed E-state index contributed by atoms with van der Waals surface area (Å²) in [6, 6.07) is 10.3. The third kappa shape index (κ3) is 6.50. The maximum absolute atomic E-state index is 12.8. The van der Waals surface area contributed by atoms with Gasteiger partial charge >= 0.3 is 5.97 Å². The van der Waals surface area contributed by atoms with Gasteiger partial charge in [0, 0.05) is 6.42 Å². The summed E-state index contributed by atoms with van der Waals surface area (Å²) in [7, 11) is -2.39. The first-order valence-corrected chi connectivity index (χ1v) is 10.0. The Morgan fingerprint density at radius 3 is 2.25 bits per heavy atom. The van der Waals surface area contributed by atoms with Crippen molar-refractivity contribution in [2.24, 2.45) is 0 Å². The van der Waals surface area contributed by atoms with Gasteiger partial charge in [-0.3, -0.25) is 4.79 Å². The molecule has 2 rings (SSSR count). The van der Waals surface area contributed by atoms with Gasteiger partial charge in [0.15, 0.2) is 0 Å². The molecule has 0 bridgehead atoms. The summed E-state index contributed by atoms with van der Waals surface area (Å²) in [5.74, 6) is -0.0196. The molecule has 0 heterocycles. The van der Waals surface area contributed by atoms with Crippen LogP contribution in [0, 0.1) is 5.82 Å². The van der Waals surface area contributed by atoms with Gasteiger partial charge in [-0.2, -0.15) is 4.72 Å². The molecule has 0 spiro atoms. The second-order valence-corrected chi connectivity index (χ2v) is 7.56. The fourth-order valence-corrected chi connectivity index (χ4v) is 3.37. The van der Waals surface area contributed by atoms with Gasteiger partial charge in [0.05, 0.1) is 25.2 Å². The van der Waals surface area contributed by atoms with Crippen molar-refractivity contribution in [2.45, 2.75) is 24.3 Å². The van der Waals surface area contributed by atoms with E-state index in [4.69, 9.17) is 14.2 Å². The second kappa shape index (κ2) is 10.0. The Balaban J connectivity index is 1.74. The average Bonchev–Trinajstić information content (AvgIpc) is 2.68. The lowest BCUT2D eigenvalue weighted by Crippen LogP contribution is -2.39. The monoisotopic (exact) mass is 411 g/mol. The molecule has 28 heavy (non-hydrogen) atoms. The number of benzene rings is 2. The van der Waals surface area contributed by atoms with Gasteiger partial charge in [0.1, 0.15) is 23.4 Å². The molecule has 0 aliphatic carbocycles. The first kappa shape index (κ1) is 21.6. The van der Waals surface area contributed by atoms with Crippen LogP contribution in [0.3, 0.4) is 0 Å². The van der Waals surface area contributed by atoms with E-state index in [1.165, 1.54) is 62.6 Å². The molecular formula is C19H22FNO6S. The highest BCUT2D eigenvalue weighted by atomic mass is 32.2. The summed E-state index contributed by atoms with van der Waals surface area (Å²) in [5, 5.41) is 0. The Morgan fingerprint density at radius 2 is 1.64 bits per heavy atom. The predicted octanol–water partition coefficient (Wildman–Crippen LogP) is 2.51. The lowest BCUT2D eigenvalue weighted by molar-refractivity contribution is -0.145. The van der Waals surface area contributed by atoms with Crippen molar-refractivity contribution in [1.29, 1.82) is 0 Å². The minimum absolute atomic E-state index is 0.0145. The number of nitrogens with one attached hydrogen (secondary N) is 1. The summed E-state index contributed by atoms with van der Waals surface area (Å²) in [6.07, 6.45) is 0.404. The third-order valence-corrected chi connectivity index (χ3v) is 5.23. The van der Waals surface area contributed by atoms with Crippen LogP contribution in [-0.4, -0.2) is 40.8 Å². The number of carbonyl (C=O) groups is 1. The van der Waals surface area contributed by atoms with Crippen molar-refractivity contribution in [1.82, 2.24) is 4.72 Å². The molecule has 1 atom stereocenters. The van der Waals surface area contributed by atoms with Gasteiger partial charge < -0.3 is 14.2 Å². The van der Waals surface area contributed by atoms with Gasteiger partial charge in [0.25, 0.3) is 0 Å². The summed E-state index contributed by atoms with van der Waals surface area (Å²) in [4.78, 5) is 12.0. The van der Waals surface area contributed by atoms with Crippen LogP contribution in [-0.2, 0) is 19.6 Å². The van der Waals surface area contributed by atoms with E-state index in [0.717, 1.165) is 0 Å². The van der Waals surface area contributed by atoms with Crippen molar-refractivity contribution in [2.75, 3.05) is 20.3 Å². The Hall–Kier alpha value is -2.65. The van der Waals surface area contributed by atoms with Crippen molar-refractivity contribution >= 4 is 16.0 Å². The largest absolute Gasteiger partial charge is 0.497 e. The van der Waals surface area contributed by atoms with Crippen LogP contribution in [0.15, 0.2) is 53.4 Å². The Morgan fingerprint density at radius 1 is 1.04 bits per heavy atom. The Bertz CT molecular complexity index is 868. The number of sulfonamides is 1. The molecule has 0 unspecified atom stereocenters. The van der Waals surface area contributed by atoms with E-state index in [2.05, 4.69) is 4.72 Å². The first-order chi connectivity index (χ1) is 13.3. The first-order valence-electron chi connectivity index (χ1n) is 8.53. The van der Waals surface area contributed by atoms with Crippen LogP contribution >= 0.6 is 0 Å². The standard InChI is InChI=1S/C19H22FNO6S/c1-14(21-28(23,24)18-10-8-16(25-2)9-11-18)19(22)27-13-3-12-26-17-6-4-15(20)5-7-17/h4-11,14,21H,3,12-13H2,1-2H3/t14-/m0/s1. The molecule has 152 valence electrons. The van der Waals surface area contributed by atoms with E-state index in [9.17, 15) is 17.6 Å². The zero-order valence-electron chi connectivity index (χ0n) is 15.6. The Kier molecular flexibility index (Phi) is 7.77. The molecule has 0 aliphatic rings. The molecule has 2 aromatic rings. The Labute approximate surface area is 163 Å². The number of ether oxygens (including phenoxy) is 3. The van der Waals surface area contributed by atoms with Gasteiger partial charge in [-0.25, -0.2) is 12.8 Å². The van der Waals surface area contributed by atoms with Crippen LogP contribution in [0.2, 0.25) is 0 Å². The van der Waals surface area contributed by atoms with Crippen molar-refractivity contribution in [3.8, 4) is 11.5 Å². The van der Waals surface area contributed by atoms with Crippen LogP contribution in [0.25, 0.3) is 0 Å². The molecule has 0 saturated carbocycles. The minimum atomic E-state index is -3.87. The van der Waals surface area contributed by atoms with E-state index in [1.807, 2.05) is 0 Å². The highest BCUT2D eigenvalue weighted by molar-refractivity contribution is 7.89. The highest BCUT2D eigenvalue weighted by Crippen LogP contribution is 2.16. The van der Waals surface area contributed by atoms with Crippen LogP contribution in [0.1, 0.15) is 13.3 Å². The minimum Gasteiger partial charge on any atom is -0.497 e. The van der Waals surface area contributed by atoms with Crippen LogP contribution in [0.5, 0.6) is 11.5 Å². The lowest BCUT2D eigenvalue weighted by Gasteiger charge is -2.14. The molecule has 0 aliphatic heterocycles. The molecule has 2 aromatic carbocycles. The molecule has 7 nitrogen and oxygen atoms in total. The molecule has 0 aromatic heterocycles. The normalized spacial score (nSPS) is 12.2. The van der Waals surface area contributed by atoms with Gasteiger partial charge in [-0.05, 0) is 55.5 Å². The van der Waals surface area contributed by atoms with E-state index in [1.54, 1.807) is 0 Å². The predicted molar refractivity (Wildman–Crippen MR) is 100 cm³/mol. The molecule has 0 fully saturated rings. The number of carbonyl (C=O) groups excluding carboxylic acids is 1. The summed E-state index contributed by atoms with van der Waals surface area (Å²) < 4.78 is 55.1. The molecule has 9 heteroatoms. The number of methoxy groups -OCH3 is 1. The number of rotatable bonds is 10. The van der Waals surface area contributed by atoms with E-state index >= 15 is 0 Å². The van der Waals surface area contributed by atoms with Crippen molar-refractivity contribution < 1.29 is 31.8 Å². The van der Waals surface area contributed by atoms with Gasteiger partial charge in [-0.1, -0.05) is 0 Å². The second-order valence-electron chi connectivity index (χ2n) is 5.84. The van der Waals surface area contributed by atoms with Crippen LogP contribution in [0.4, 0.5) is 4.39 Å². The number of hydrogen-bond donors (Lipinski definition) is 1. The topological polar surface area (TPSA) is 90.9 Å². The zero-order valence-corrected chi connectivity index (χ0v) is 16.4. The smallest absolute Gasteiger partial charge is 0.323 e. The van der Waals surface area contributed by atoms with Crippen molar-refractivity contribution in [3.05, 3.63) is 54.3 Å². The molecule has 1 N–H and O–H groups in total. The van der Waals surface area contributed by atoms with Gasteiger partial charge in [-0.15, -0.1) is 0 Å². The maximum atomic E-state index is 12.8. The SMILES string of the molecule is COc1ccc(S(=O)(=O)N[C@@H](C)C(=O)OCCCOc2ccc(F)cc2)cc1. The molecule has 0 saturated heterocycles. The van der Waals surface area contributed by atoms with E-state index in [-0.39, 0.29) is 23.9 Å². The van der Waals surface area contributed by atoms with E-state index < -0.39 is 22.0 Å². The number of esters is 1. The quantitative estimate of drug-likeness (QED) is 0.477. The van der Waals surface area contributed by atoms with E-state index in [0.29, 0.717) is 17.9 Å². The molecule has 0 radical (unpaired) electrons. The third-order valence-electron chi connectivity index (χ3n) is 3.67. The van der Waals surface area contributed by atoms with Crippen LogP contribution < -0.4 is 14.2 Å². The zero-order chi connectivity index (χ0) is 20.6. The maximum Gasteiger partial charge on any atom is 0.323 e. The summed E-state index contributed by atoms with van der Waals surface area (Å²) in [5.41, 5.74) is 0. The molecular weight excluding hydrogens is 389 g/mol. The summed E-state index contributed by atoms with van der Waals surface area (Å²) >= 11 is 0. The fraction of sp³-hybridized carbons (Fsp3) is 0.316. The number of halogens is 1. The molecule has 0 amide bonds. The van der Waals surface area contributed by atoms with Crippen molar-refractivity contribution in [3.63, 3.8) is 0 Å². The highest BCUT2D eigenvalue weighted by Gasteiger charge is 2.23. The van der Waals surface area contributed by atoms with Gasteiger partial charge in [0.2, 0.25) is 10.0 Å². The fourth-order valence-electron chi connectivity index (χ4n) is 2.18. The number of hydrogen-bond acceptors (Lipinski definition) is 6. The summed E-state index contributed by atoms with van der Waals surface area (Å²) in [6.45, 7) is 1.73.